The highest BCUT2D eigenvalue weighted by Gasteiger charge is 2.11. The van der Waals surface area contributed by atoms with Gasteiger partial charge in [-0.3, -0.25) is 4.99 Å². The monoisotopic (exact) mass is 390 g/mol. The molecule has 2 heteroatoms. The van der Waals surface area contributed by atoms with Crippen molar-refractivity contribution in [2.75, 3.05) is 0 Å². The van der Waals surface area contributed by atoms with Crippen LogP contribution in [0, 0.1) is 5.92 Å². The fourth-order valence-electron chi connectivity index (χ4n) is 3.95. The Morgan fingerprint density at radius 2 is 1.53 bits per heavy atom. The van der Waals surface area contributed by atoms with E-state index in [0.717, 1.165) is 23.4 Å². The van der Waals surface area contributed by atoms with Gasteiger partial charge in [-0.25, -0.2) is 0 Å². The van der Waals surface area contributed by atoms with Crippen LogP contribution in [0.5, 0.6) is 0 Å². The molecule has 0 aliphatic rings. The van der Waals surface area contributed by atoms with Crippen LogP contribution in [0.3, 0.4) is 0 Å². The van der Waals surface area contributed by atoms with Crippen molar-refractivity contribution in [2.24, 2.45) is 10.9 Å². The number of para-hydroxylation sites is 2. The van der Waals surface area contributed by atoms with Crippen molar-refractivity contribution < 1.29 is 0 Å². The highest BCUT2D eigenvalue weighted by atomic mass is 15.0. The van der Waals surface area contributed by atoms with E-state index in [1.165, 1.54) is 21.8 Å². The van der Waals surface area contributed by atoms with Crippen molar-refractivity contribution in [3.05, 3.63) is 109 Å². The molecular formula is C28H26N2. The summed E-state index contributed by atoms with van der Waals surface area (Å²) in [5.74, 6) is 0.374. The van der Waals surface area contributed by atoms with Crippen LogP contribution >= 0.6 is 0 Å². The van der Waals surface area contributed by atoms with Crippen molar-refractivity contribution in [3.8, 4) is 5.69 Å². The van der Waals surface area contributed by atoms with E-state index in [9.17, 15) is 0 Å². The lowest BCUT2D eigenvalue weighted by molar-refractivity contribution is 0.745. The summed E-state index contributed by atoms with van der Waals surface area (Å²) in [5, 5.41) is 2.54. The number of aromatic nitrogens is 1. The molecule has 4 rings (SSSR count). The van der Waals surface area contributed by atoms with Gasteiger partial charge in [0.15, 0.2) is 0 Å². The van der Waals surface area contributed by atoms with Crippen LogP contribution in [0.1, 0.15) is 18.9 Å². The molecule has 0 saturated heterocycles. The van der Waals surface area contributed by atoms with Gasteiger partial charge in [-0.1, -0.05) is 86.3 Å². The fourth-order valence-corrected chi connectivity index (χ4v) is 3.95. The molecule has 0 radical (unpaired) electrons. The van der Waals surface area contributed by atoms with Gasteiger partial charge in [0.05, 0.1) is 16.7 Å². The van der Waals surface area contributed by atoms with Crippen LogP contribution in [0.4, 0.5) is 0 Å². The third-order valence-corrected chi connectivity index (χ3v) is 5.39. The summed E-state index contributed by atoms with van der Waals surface area (Å²) >= 11 is 0. The lowest BCUT2D eigenvalue weighted by atomic mass is 10.0. The average molecular weight is 391 g/mol. The van der Waals surface area contributed by atoms with E-state index in [-0.39, 0.29) is 0 Å². The molecule has 2 nitrogen and oxygen atoms in total. The second-order valence-corrected chi connectivity index (χ2v) is 7.50. The molecule has 1 heterocycles. The number of benzene rings is 3. The van der Waals surface area contributed by atoms with Crippen LogP contribution in [0.15, 0.2) is 109 Å². The third kappa shape index (κ3) is 3.77. The standard InChI is InChI=1S/C28H26N2/c1-4-5-6-11-21(2)20-26(29-3)22-16-18-23(19-17-22)30-27-14-9-7-12-24(27)25-13-8-10-15-28(25)30/h4-10,12-21H,1,3,11H2,2H3/b6-5-,26-20-. The maximum absolute atomic E-state index is 4.28. The van der Waals surface area contributed by atoms with Crippen LogP contribution in [0.2, 0.25) is 0 Å². The molecule has 30 heavy (non-hydrogen) atoms. The molecular weight excluding hydrogens is 364 g/mol. The number of hydrogen-bond acceptors (Lipinski definition) is 1. The smallest absolute Gasteiger partial charge is 0.0657 e. The quantitative estimate of drug-likeness (QED) is 0.228. The van der Waals surface area contributed by atoms with E-state index in [1.54, 1.807) is 6.08 Å². The number of fused-ring (bicyclic) bond motifs is 3. The van der Waals surface area contributed by atoms with Gasteiger partial charge in [0.2, 0.25) is 0 Å². The first-order chi connectivity index (χ1) is 14.7. The Balaban J connectivity index is 1.72. The zero-order chi connectivity index (χ0) is 20.9. The largest absolute Gasteiger partial charge is 0.309 e. The maximum Gasteiger partial charge on any atom is 0.0657 e. The van der Waals surface area contributed by atoms with E-state index in [0.29, 0.717) is 5.92 Å². The topological polar surface area (TPSA) is 17.3 Å². The van der Waals surface area contributed by atoms with Crippen LogP contribution in [0.25, 0.3) is 33.2 Å². The molecule has 1 unspecified atom stereocenters. The van der Waals surface area contributed by atoms with Crippen LogP contribution in [-0.2, 0) is 0 Å². The Morgan fingerprint density at radius 3 is 2.10 bits per heavy atom. The summed E-state index contributed by atoms with van der Waals surface area (Å²) in [6, 6.07) is 25.7. The molecule has 4 aromatic rings. The predicted octanol–water partition coefficient (Wildman–Crippen LogP) is 7.59. The van der Waals surface area contributed by atoms with Gasteiger partial charge in [0, 0.05) is 16.5 Å². The number of allylic oxidation sites excluding steroid dienone is 4. The van der Waals surface area contributed by atoms with E-state index < -0.39 is 0 Å². The minimum atomic E-state index is 0.374. The minimum absolute atomic E-state index is 0.374. The normalized spacial score (nSPS) is 13.2. The summed E-state index contributed by atoms with van der Waals surface area (Å²) in [4.78, 5) is 4.28. The number of rotatable bonds is 7. The zero-order valence-electron chi connectivity index (χ0n) is 17.3. The van der Waals surface area contributed by atoms with E-state index >= 15 is 0 Å². The Hall–Kier alpha value is -3.65. The number of nitrogens with zero attached hydrogens (tertiary/aromatic N) is 2. The van der Waals surface area contributed by atoms with Gasteiger partial charge in [-0.05, 0) is 48.9 Å². The molecule has 0 bridgehead atoms. The predicted molar refractivity (Wildman–Crippen MR) is 131 cm³/mol. The van der Waals surface area contributed by atoms with Crippen molar-refractivity contribution >= 4 is 34.2 Å². The van der Waals surface area contributed by atoms with Crippen molar-refractivity contribution in [1.82, 2.24) is 4.57 Å². The zero-order valence-corrected chi connectivity index (χ0v) is 17.3. The molecule has 148 valence electrons. The average Bonchev–Trinajstić information content (AvgIpc) is 3.12. The lowest BCUT2D eigenvalue weighted by Crippen LogP contribution is -1.95. The molecule has 0 spiro atoms. The summed E-state index contributed by atoms with van der Waals surface area (Å²) in [7, 11) is 0. The highest BCUT2D eigenvalue weighted by Crippen LogP contribution is 2.32. The third-order valence-electron chi connectivity index (χ3n) is 5.39. The molecule has 0 amide bonds. The summed E-state index contributed by atoms with van der Waals surface area (Å²) in [6.07, 6.45) is 9.03. The molecule has 1 aromatic heterocycles. The van der Waals surface area contributed by atoms with Gasteiger partial charge in [-0.2, -0.15) is 0 Å². The Kier molecular flexibility index (Phi) is 5.76. The van der Waals surface area contributed by atoms with E-state index in [1.807, 2.05) is 6.08 Å². The van der Waals surface area contributed by atoms with Gasteiger partial charge in [0.25, 0.3) is 0 Å². The Morgan fingerprint density at radius 1 is 0.933 bits per heavy atom. The molecule has 3 aromatic carbocycles. The number of hydrogen-bond donors (Lipinski definition) is 0. The number of aliphatic imine (C=N–C) groups is 1. The summed E-state index contributed by atoms with van der Waals surface area (Å²) < 4.78 is 2.32. The summed E-state index contributed by atoms with van der Waals surface area (Å²) in [6.45, 7) is 9.69. The van der Waals surface area contributed by atoms with Crippen molar-refractivity contribution in [1.29, 1.82) is 0 Å². The SMILES string of the molecule is C=C/C=C\CC(C)/C=C(\N=C)c1ccc(-n2c3ccccc3c3ccccc32)cc1. The van der Waals surface area contributed by atoms with Crippen molar-refractivity contribution in [2.45, 2.75) is 13.3 Å². The second-order valence-electron chi connectivity index (χ2n) is 7.50. The van der Waals surface area contributed by atoms with Gasteiger partial charge >= 0.3 is 0 Å². The summed E-state index contributed by atoms with van der Waals surface area (Å²) in [5.41, 5.74) is 5.57. The molecule has 0 N–H and O–H groups in total. The maximum atomic E-state index is 4.28. The van der Waals surface area contributed by atoms with Gasteiger partial charge in [-0.15, -0.1) is 0 Å². The molecule has 0 fully saturated rings. The van der Waals surface area contributed by atoms with E-state index in [4.69, 9.17) is 0 Å². The second kappa shape index (κ2) is 8.79. The van der Waals surface area contributed by atoms with Gasteiger partial charge < -0.3 is 4.57 Å². The highest BCUT2D eigenvalue weighted by molar-refractivity contribution is 6.09. The molecule has 1 atom stereocenters. The first-order valence-electron chi connectivity index (χ1n) is 10.3. The first-order valence-corrected chi connectivity index (χ1v) is 10.3. The Labute approximate surface area is 178 Å². The fraction of sp³-hybridized carbons (Fsp3) is 0.107. The lowest BCUT2D eigenvalue weighted by Gasteiger charge is -2.10. The molecule has 0 aliphatic carbocycles. The van der Waals surface area contributed by atoms with Crippen LogP contribution < -0.4 is 0 Å². The van der Waals surface area contributed by atoms with E-state index in [2.05, 4.69) is 115 Å². The van der Waals surface area contributed by atoms with Crippen LogP contribution in [-0.4, -0.2) is 11.3 Å². The minimum Gasteiger partial charge on any atom is -0.309 e. The molecule has 0 saturated carbocycles. The molecule has 0 aliphatic heterocycles. The first kappa shape index (κ1) is 19.7. The van der Waals surface area contributed by atoms with Gasteiger partial charge in [0.1, 0.15) is 0 Å². The Bertz CT molecular complexity index is 1200. The van der Waals surface area contributed by atoms with Crippen molar-refractivity contribution in [3.63, 3.8) is 0 Å².